The highest BCUT2D eigenvalue weighted by Crippen LogP contribution is 2.50. The van der Waals surface area contributed by atoms with Crippen LogP contribution in [0.5, 0.6) is 0 Å². The fourth-order valence-corrected chi connectivity index (χ4v) is 8.43. The molecule has 0 saturated carbocycles. The number of rotatable bonds is 5. The van der Waals surface area contributed by atoms with E-state index in [0.29, 0.717) is 0 Å². The summed E-state index contributed by atoms with van der Waals surface area (Å²) in [5, 5.41) is 0. The molecule has 0 atom stereocenters. The minimum absolute atomic E-state index is 0.0611. The van der Waals surface area contributed by atoms with Gasteiger partial charge in [-0.25, -0.2) is 0 Å². The largest absolute Gasteiger partial charge is 0.341 e. The molecule has 0 fully saturated rings. The van der Waals surface area contributed by atoms with Crippen LogP contribution in [0.2, 0.25) is 0 Å². The van der Waals surface area contributed by atoms with Gasteiger partial charge >= 0.3 is 0 Å². The van der Waals surface area contributed by atoms with Gasteiger partial charge in [0.25, 0.3) is 0 Å². The third kappa shape index (κ3) is 5.27. The quantitative estimate of drug-likeness (QED) is 0.174. The van der Waals surface area contributed by atoms with Crippen molar-refractivity contribution in [1.29, 1.82) is 0 Å². The molecule has 0 unspecified atom stereocenters. The van der Waals surface area contributed by atoms with Crippen LogP contribution in [0.3, 0.4) is 0 Å². The van der Waals surface area contributed by atoms with Gasteiger partial charge in [0.15, 0.2) is 0 Å². The number of nitrogens with zero attached hydrogens (tertiary/aromatic N) is 2. The molecular formula is C47H42N2. The summed E-state index contributed by atoms with van der Waals surface area (Å²) >= 11 is 0. The van der Waals surface area contributed by atoms with Crippen LogP contribution in [-0.2, 0) is 18.3 Å². The summed E-state index contributed by atoms with van der Waals surface area (Å²) in [6.07, 6.45) is 9.22. The first-order chi connectivity index (χ1) is 24.0. The van der Waals surface area contributed by atoms with Crippen LogP contribution in [0, 0.1) is 0 Å². The maximum absolute atomic E-state index is 2.52. The minimum atomic E-state index is -0.0611. The Morgan fingerprint density at radius 2 is 0.980 bits per heavy atom. The second-order valence-electron chi connectivity index (χ2n) is 14.4. The highest BCUT2D eigenvalue weighted by atomic mass is 15.1. The lowest BCUT2D eigenvalue weighted by atomic mass is 9.81. The van der Waals surface area contributed by atoms with E-state index in [9.17, 15) is 0 Å². The third-order valence-corrected chi connectivity index (χ3v) is 11.1. The molecule has 9 rings (SSSR count). The van der Waals surface area contributed by atoms with Crippen molar-refractivity contribution in [2.24, 2.45) is 0 Å². The van der Waals surface area contributed by atoms with Crippen LogP contribution in [-0.4, -0.2) is 13.1 Å². The van der Waals surface area contributed by atoms with Crippen LogP contribution >= 0.6 is 0 Å². The molecular weight excluding hydrogens is 593 g/mol. The van der Waals surface area contributed by atoms with Crippen molar-refractivity contribution in [1.82, 2.24) is 0 Å². The molecule has 0 saturated heterocycles. The summed E-state index contributed by atoms with van der Waals surface area (Å²) in [4.78, 5) is 4.98. The van der Waals surface area contributed by atoms with Crippen LogP contribution in [0.1, 0.15) is 60.1 Å². The van der Waals surface area contributed by atoms with Crippen LogP contribution in [0.15, 0.2) is 133 Å². The van der Waals surface area contributed by atoms with E-state index in [4.69, 9.17) is 0 Å². The van der Waals surface area contributed by atoms with Crippen molar-refractivity contribution in [2.75, 3.05) is 22.9 Å². The molecule has 2 nitrogen and oxygen atoms in total. The van der Waals surface area contributed by atoms with Crippen molar-refractivity contribution in [2.45, 2.75) is 44.9 Å². The highest BCUT2D eigenvalue weighted by molar-refractivity contribution is 5.85. The Morgan fingerprint density at radius 3 is 1.63 bits per heavy atom. The molecule has 2 heteroatoms. The van der Waals surface area contributed by atoms with Gasteiger partial charge < -0.3 is 9.80 Å². The Kier molecular flexibility index (Phi) is 7.27. The second-order valence-corrected chi connectivity index (χ2v) is 14.4. The average Bonchev–Trinajstić information content (AvgIpc) is 3.38. The lowest BCUT2D eigenvalue weighted by molar-refractivity contribution is 0.659. The lowest BCUT2D eigenvalue weighted by Gasteiger charge is -2.32. The monoisotopic (exact) mass is 634 g/mol. The van der Waals surface area contributed by atoms with Crippen molar-refractivity contribution < 1.29 is 0 Å². The van der Waals surface area contributed by atoms with Gasteiger partial charge in [0, 0.05) is 41.3 Å². The summed E-state index contributed by atoms with van der Waals surface area (Å²) in [5.41, 5.74) is 18.6. The normalized spacial score (nSPS) is 15.9. The molecule has 6 aromatic carbocycles. The lowest BCUT2D eigenvalue weighted by Crippen LogP contribution is -2.25. The van der Waals surface area contributed by atoms with Crippen molar-refractivity contribution >= 4 is 34.9 Å². The summed E-state index contributed by atoms with van der Waals surface area (Å²) in [6, 6.07) is 49.9. The molecule has 3 aliphatic rings. The highest BCUT2D eigenvalue weighted by Gasteiger charge is 2.36. The maximum Gasteiger partial charge on any atom is 0.0443 e. The maximum atomic E-state index is 2.52. The van der Waals surface area contributed by atoms with Gasteiger partial charge in [-0.15, -0.1) is 0 Å². The fraction of sp³-hybridized carbons (Fsp3) is 0.191. The van der Waals surface area contributed by atoms with Crippen LogP contribution in [0.4, 0.5) is 22.7 Å². The molecule has 0 amide bonds. The first-order valence-corrected chi connectivity index (χ1v) is 17.9. The van der Waals surface area contributed by atoms with Gasteiger partial charge in [0.05, 0.1) is 0 Å². The van der Waals surface area contributed by atoms with E-state index in [-0.39, 0.29) is 5.41 Å². The van der Waals surface area contributed by atoms with Gasteiger partial charge in [-0.2, -0.15) is 0 Å². The molecule has 2 aliphatic heterocycles. The molecule has 0 spiro atoms. The smallest absolute Gasteiger partial charge is 0.0443 e. The summed E-state index contributed by atoms with van der Waals surface area (Å²) in [7, 11) is 0. The Morgan fingerprint density at radius 1 is 0.490 bits per heavy atom. The number of fused-ring (bicyclic) bond motifs is 5. The van der Waals surface area contributed by atoms with E-state index in [1.807, 2.05) is 0 Å². The van der Waals surface area contributed by atoms with Gasteiger partial charge in [-0.1, -0.05) is 123 Å². The molecule has 2 heterocycles. The fourth-order valence-electron chi connectivity index (χ4n) is 8.43. The van der Waals surface area contributed by atoms with E-state index in [2.05, 4.69) is 169 Å². The van der Waals surface area contributed by atoms with Crippen molar-refractivity contribution in [3.8, 4) is 22.3 Å². The minimum Gasteiger partial charge on any atom is -0.341 e. The van der Waals surface area contributed by atoms with Gasteiger partial charge in [0.2, 0.25) is 0 Å². The van der Waals surface area contributed by atoms with Crippen molar-refractivity contribution in [3.05, 3.63) is 167 Å². The molecule has 240 valence electrons. The van der Waals surface area contributed by atoms with E-state index >= 15 is 0 Å². The topological polar surface area (TPSA) is 6.48 Å². The van der Waals surface area contributed by atoms with E-state index < -0.39 is 0 Å². The standard InChI is InChI=1S/C47H42N2/c1-47(2)43-31-34(19-27-41(43)42-28-26-40(32-44(42)47)49-30-8-12-38-10-4-6-14-46(38)49)16-15-33-17-20-35(21-18-33)36-22-24-39(25-23-36)48-29-7-11-37-9-3-5-13-45(37)48/h3-6,9-10,13-28,31-32H,7-8,11-12,29-30H2,1-2H3/b16-15+. The zero-order chi connectivity index (χ0) is 33.0. The van der Waals surface area contributed by atoms with E-state index in [1.165, 1.54) is 97.6 Å². The van der Waals surface area contributed by atoms with Crippen molar-refractivity contribution in [3.63, 3.8) is 0 Å². The Hall–Kier alpha value is -5.34. The predicted molar refractivity (Wildman–Crippen MR) is 208 cm³/mol. The van der Waals surface area contributed by atoms with Crippen LogP contribution < -0.4 is 9.80 Å². The molecule has 6 aromatic rings. The molecule has 0 aromatic heterocycles. The summed E-state index contributed by atoms with van der Waals surface area (Å²) < 4.78 is 0. The summed E-state index contributed by atoms with van der Waals surface area (Å²) in [5.74, 6) is 0. The van der Waals surface area contributed by atoms with E-state index in [0.717, 1.165) is 19.5 Å². The first-order valence-electron chi connectivity index (χ1n) is 17.9. The average molecular weight is 635 g/mol. The van der Waals surface area contributed by atoms with Gasteiger partial charge in [-0.05, 0) is 118 Å². The Labute approximate surface area is 291 Å². The first kappa shape index (κ1) is 29.8. The molecule has 1 aliphatic carbocycles. The number of anilines is 4. The number of aryl methyl sites for hydroxylation is 2. The van der Waals surface area contributed by atoms with E-state index in [1.54, 1.807) is 0 Å². The second kappa shape index (κ2) is 12.0. The zero-order valence-electron chi connectivity index (χ0n) is 28.5. The SMILES string of the molecule is CC1(C)c2cc(/C=C/c3ccc(-c4ccc(N5CCCc6ccccc65)cc4)cc3)ccc2-c2ccc(N3CCCc4ccccc43)cc21. The van der Waals surface area contributed by atoms with Gasteiger partial charge in [0.1, 0.15) is 0 Å². The molecule has 0 N–H and O–H groups in total. The number of hydrogen-bond acceptors (Lipinski definition) is 2. The van der Waals surface area contributed by atoms with Crippen LogP contribution in [0.25, 0.3) is 34.4 Å². The number of hydrogen-bond donors (Lipinski definition) is 0. The number of benzene rings is 6. The number of para-hydroxylation sites is 2. The zero-order valence-corrected chi connectivity index (χ0v) is 28.5. The Balaban J connectivity index is 0.920. The summed E-state index contributed by atoms with van der Waals surface area (Å²) in [6.45, 7) is 6.91. The molecule has 0 radical (unpaired) electrons. The Bertz CT molecular complexity index is 2200. The molecule has 0 bridgehead atoms. The molecule has 49 heavy (non-hydrogen) atoms. The third-order valence-electron chi connectivity index (χ3n) is 11.1. The van der Waals surface area contributed by atoms with Gasteiger partial charge in [-0.3, -0.25) is 0 Å². The predicted octanol–water partition coefficient (Wildman–Crippen LogP) is 12.0.